The van der Waals surface area contributed by atoms with Gasteiger partial charge in [-0.05, 0) is 49.9 Å². The Bertz CT molecular complexity index is 683. The summed E-state index contributed by atoms with van der Waals surface area (Å²) in [6, 6.07) is 12.2. The molecule has 24 heavy (non-hydrogen) atoms. The van der Waals surface area contributed by atoms with E-state index in [1.165, 1.54) is 4.90 Å². The van der Waals surface area contributed by atoms with Gasteiger partial charge in [0.2, 0.25) is 0 Å². The maximum absolute atomic E-state index is 12.9. The number of anilines is 1. The van der Waals surface area contributed by atoms with Gasteiger partial charge < -0.3 is 9.80 Å². The van der Waals surface area contributed by atoms with E-state index in [2.05, 4.69) is 29.4 Å². The maximum Gasteiger partial charge on any atom is 0.255 e. The highest BCUT2D eigenvalue weighted by molar-refractivity contribution is 7.98. The third kappa shape index (κ3) is 4.51. The van der Waals surface area contributed by atoms with Crippen molar-refractivity contribution in [3.05, 3.63) is 53.7 Å². The number of hydrogen-bond donors (Lipinski definition) is 0. The molecule has 0 aliphatic rings. The van der Waals surface area contributed by atoms with Crippen molar-refractivity contribution in [2.45, 2.75) is 31.3 Å². The first-order chi connectivity index (χ1) is 11.4. The summed E-state index contributed by atoms with van der Waals surface area (Å²) >= 11 is 1.71. The Hall–Kier alpha value is -2.01. The predicted molar refractivity (Wildman–Crippen MR) is 102 cm³/mol. The number of aromatic nitrogens is 1. The SMILES string of the molecule is CSc1cccc(CN(C(=O)c2ccc(N(C)C)nc2)C(C)C)c1. The molecule has 2 aromatic rings. The number of benzene rings is 1. The summed E-state index contributed by atoms with van der Waals surface area (Å²) in [5, 5.41) is 0. The van der Waals surface area contributed by atoms with Crippen molar-refractivity contribution in [1.29, 1.82) is 0 Å². The fourth-order valence-corrected chi connectivity index (χ4v) is 2.88. The Morgan fingerprint density at radius 2 is 1.96 bits per heavy atom. The topological polar surface area (TPSA) is 36.4 Å². The molecule has 1 aromatic carbocycles. The van der Waals surface area contributed by atoms with Crippen LogP contribution in [0.2, 0.25) is 0 Å². The van der Waals surface area contributed by atoms with E-state index in [0.717, 1.165) is 11.4 Å². The van der Waals surface area contributed by atoms with Crippen molar-refractivity contribution in [2.24, 2.45) is 0 Å². The highest BCUT2D eigenvalue weighted by atomic mass is 32.2. The van der Waals surface area contributed by atoms with Gasteiger partial charge in [-0.2, -0.15) is 0 Å². The molecule has 0 aliphatic heterocycles. The molecule has 1 heterocycles. The van der Waals surface area contributed by atoms with E-state index in [1.807, 2.05) is 55.9 Å². The number of thioether (sulfide) groups is 1. The first-order valence-electron chi connectivity index (χ1n) is 7.99. The standard InChI is InChI=1S/C19H25N3OS/c1-14(2)22(13-15-7-6-8-17(11-15)24-5)19(23)16-9-10-18(20-12-16)21(3)4/h6-12,14H,13H2,1-5H3. The zero-order chi connectivity index (χ0) is 17.7. The molecule has 2 rings (SSSR count). The van der Waals surface area contributed by atoms with Crippen LogP contribution in [0.15, 0.2) is 47.5 Å². The van der Waals surface area contributed by atoms with Gasteiger partial charge in [-0.3, -0.25) is 4.79 Å². The third-order valence-corrected chi connectivity index (χ3v) is 4.55. The van der Waals surface area contributed by atoms with Crippen LogP contribution < -0.4 is 4.90 Å². The van der Waals surface area contributed by atoms with Crippen molar-refractivity contribution >= 4 is 23.5 Å². The van der Waals surface area contributed by atoms with Gasteiger partial charge in [-0.25, -0.2) is 4.98 Å². The Labute approximate surface area is 148 Å². The molecule has 0 saturated heterocycles. The minimum absolute atomic E-state index is 0.0114. The van der Waals surface area contributed by atoms with Crippen LogP contribution in [-0.4, -0.2) is 42.2 Å². The van der Waals surface area contributed by atoms with Gasteiger partial charge in [0, 0.05) is 37.8 Å². The molecular formula is C19H25N3OS. The smallest absolute Gasteiger partial charge is 0.255 e. The van der Waals surface area contributed by atoms with E-state index in [-0.39, 0.29) is 11.9 Å². The van der Waals surface area contributed by atoms with Crippen LogP contribution in [0.3, 0.4) is 0 Å². The van der Waals surface area contributed by atoms with Crippen LogP contribution in [0.5, 0.6) is 0 Å². The highest BCUT2D eigenvalue weighted by Crippen LogP contribution is 2.19. The average molecular weight is 343 g/mol. The second-order valence-corrected chi connectivity index (χ2v) is 7.06. The zero-order valence-electron chi connectivity index (χ0n) is 15.0. The van der Waals surface area contributed by atoms with Gasteiger partial charge >= 0.3 is 0 Å². The van der Waals surface area contributed by atoms with Gasteiger partial charge in [0.1, 0.15) is 5.82 Å². The van der Waals surface area contributed by atoms with Crippen molar-refractivity contribution in [1.82, 2.24) is 9.88 Å². The molecule has 1 aromatic heterocycles. The fourth-order valence-electron chi connectivity index (χ4n) is 2.40. The van der Waals surface area contributed by atoms with Gasteiger partial charge in [-0.15, -0.1) is 11.8 Å². The van der Waals surface area contributed by atoms with Crippen LogP contribution >= 0.6 is 11.8 Å². The molecule has 0 unspecified atom stereocenters. The normalized spacial score (nSPS) is 10.8. The lowest BCUT2D eigenvalue weighted by molar-refractivity contribution is 0.0690. The molecule has 0 aliphatic carbocycles. The van der Waals surface area contributed by atoms with Gasteiger partial charge in [0.15, 0.2) is 0 Å². The summed E-state index contributed by atoms with van der Waals surface area (Å²) < 4.78 is 0. The Morgan fingerprint density at radius 1 is 1.21 bits per heavy atom. The summed E-state index contributed by atoms with van der Waals surface area (Å²) in [7, 11) is 3.87. The minimum Gasteiger partial charge on any atom is -0.363 e. The van der Waals surface area contributed by atoms with E-state index in [4.69, 9.17) is 0 Å². The number of hydrogen-bond acceptors (Lipinski definition) is 4. The highest BCUT2D eigenvalue weighted by Gasteiger charge is 2.19. The lowest BCUT2D eigenvalue weighted by atomic mass is 10.1. The summed E-state index contributed by atoms with van der Waals surface area (Å²) in [6.07, 6.45) is 3.72. The maximum atomic E-state index is 12.9. The number of amides is 1. The van der Waals surface area contributed by atoms with Crippen molar-refractivity contribution in [2.75, 3.05) is 25.3 Å². The first-order valence-corrected chi connectivity index (χ1v) is 9.22. The molecule has 0 radical (unpaired) electrons. The summed E-state index contributed by atoms with van der Waals surface area (Å²) in [5.74, 6) is 0.854. The first kappa shape index (κ1) is 18.3. The van der Waals surface area contributed by atoms with Crippen molar-refractivity contribution in [3.63, 3.8) is 0 Å². The largest absolute Gasteiger partial charge is 0.363 e. The summed E-state index contributed by atoms with van der Waals surface area (Å²) in [5.41, 5.74) is 1.76. The van der Waals surface area contributed by atoms with Gasteiger partial charge in [-0.1, -0.05) is 12.1 Å². The molecule has 0 N–H and O–H groups in total. The average Bonchev–Trinajstić information content (AvgIpc) is 2.59. The molecular weight excluding hydrogens is 318 g/mol. The summed E-state index contributed by atoms with van der Waals surface area (Å²) in [4.78, 5) is 22.3. The molecule has 0 fully saturated rings. The lowest BCUT2D eigenvalue weighted by Crippen LogP contribution is -2.36. The van der Waals surface area contributed by atoms with E-state index >= 15 is 0 Å². The second kappa shape index (κ2) is 8.20. The Balaban J connectivity index is 2.21. The van der Waals surface area contributed by atoms with Crippen molar-refractivity contribution in [3.8, 4) is 0 Å². The number of pyridine rings is 1. The van der Waals surface area contributed by atoms with Crippen molar-refractivity contribution < 1.29 is 4.79 Å². The van der Waals surface area contributed by atoms with Crippen LogP contribution in [0.25, 0.3) is 0 Å². The minimum atomic E-state index is 0.0114. The van der Waals surface area contributed by atoms with Gasteiger partial charge in [0.05, 0.1) is 5.56 Å². The predicted octanol–water partition coefficient (Wildman–Crippen LogP) is 3.92. The lowest BCUT2D eigenvalue weighted by Gasteiger charge is -2.27. The molecule has 0 atom stereocenters. The number of carbonyl (C=O) groups excluding carboxylic acids is 1. The molecule has 128 valence electrons. The Kier molecular flexibility index (Phi) is 6.26. The van der Waals surface area contributed by atoms with E-state index in [0.29, 0.717) is 12.1 Å². The molecule has 0 bridgehead atoms. The Morgan fingerprint density at radius 3 is 2.50 bits per heavy atom. The van der Waals surface area contributed by atoms with Gasteiger partial charge in [0.25, 0.3) is 5.91 Å². The molecule has 1 amide bonds. The van der Waals surface area contributed by atoms with Crippen LogP contribution in [0, 0.1) is 0 Å². The fraction of sp³-hybridized carbons (Fsp3) is 0.368. The molecule has 4 nitrogen and oxygen atoms in total. The van der Waals surface area contributed by atoms with Crippen LogP contribution in [0.4, 0.5) is 5.82 Å². The van der Waals surface area contributed by atoms with Crippen LogP contribution in [0.1, 0.15) is 29.8 Å². The number of carbonyl (C=O) groups is 1. The second-order valence-electron chi connectivity index (χ2n) is 6.18. The zero-order valence-corrected chi connectivity index (χ0v) is 15.8. The quantitative estimate of drug-likeness (QED) is 0.745. The third-order valence-electron chi connectivity index (χ3n) is 3.82. The monoisotopic (exact) mass is 343 g/mol. The molecule has 0 saturated carbocycles. The van der Waals surface area contributed by atoms with Crippen LogP contribution in [-0.2, 0) is 6.54 Å². The van der Waals surface area contributed by atoms with E-state index in [1.54, 1.807) is 18.0 Å². The van der Waals surface area contributed by atoms with E-state index in [9.17, 15) is 4.79 Å². The molecule has 0 spiro atoms. The number of rotatable bonds is 6. The molecule has 5 heteroatoms. The number of nitrogens with zero attached hydrogens (tertiary/aromatic N) is 3. The van der Waals surface area contributed by atoms with E-state index < -0.39 is 0 Å². The summed E-state index contributed by atoms with van der Waals surface area (Å²) in [6.45, 7) is 4.68.